The van der Waals surface area contributed by atoms with E-state index in [1.807, 2.05) is 6.07 Å². The molecule has 2 aromatic carbocycles. The molecule has 26 heavy (non-hydrogen) atoms. The molecule has 0 unspecified atom stereocenters. The first kappa shape index (κ1) is 17.2. The summed E-state index contributed by atoms with van der Waals surface area (Å²) in [4.78, 5) is 25.2. The van der Waals surface area contributed by atoms with Crippen molar-refractivity contribution in [3.63, 3.8) is 0 Å². The van der Waals surface area contributed by atoms with Crippen molar-refractivity contribution in [3.05, 3.63) is 77.5 Å². The van der Waals surface area contributed by atoms with Crippen molar-refractivity contribution in [1.82, 2.24) is 5.16 Å². The molecule has 0 spiro atoms. The zero-order chi connectivity index (χ0) is 18.5. The predicted molar refractivity (Wildman–Crippen MR) is 95.3 cm³/mol. The van der Waals surface area contributed by atoms with E-state index in [2.05, 4.69) is 10.5 Å². The molecule has 132 valence electrons. The van der Waals surface area contributed by atoms with E-state index < -0.39 is 18.0 Å². The lowest BCUT2D eigenvalue weighted by atomic mass is 10.1. The Morgan fingerprint density at radius 3 is 2.27 bits per heavy atom. The van der Waals surface area contributed by atoms with Gasteiger partial charge in [0.1, 0.15) is 5.56 Å². The molecule has 1 aromatic heterocycles. The van der Waals surface area contributed by atoms with Crippen molar-refractivity contribution >= 4 is 23.4 Å². The molecule has 0 aliphatic heterocycles. The third kappa shape index (κ3) is 3.72. The molecule has 1 atom stereocenters. The van der Waals surface area contributed by atoms with Crippen LogP contribution in [0.25, 0.3) is 0 Å². The first-order valence-corrected chi connectivity index (χ1v) is 7.90. The fraction of sp³-hybridized carbons (Fsp3) is 0.105. The summed E-state index contributed by atoms with van der Waals surface area (Å²) in [7, 11) is 0. The number of nitrogens with zero attached hydrogens (tertiary/aromatic N) is 1. The van der Waals surface area contributed by atoms with Gasteiger partial charge < -0.3 is 20.3 Å². The van der Waals surface area contributed by atoms with E-state index in [1.165, 1.54) is 0 Å². The minimum absolute atomic E-state index is 0.0124. The Balaban J connectivity index is 1.87. The number of nitrogen functional groups attached to an aromatic ring is 1. The first-order chi connectivity index (χ1) is 12.6. The molecule has 7 nitrogen and oxygen atoms in total. The molecule has 0 saturated heterocycles. The van der Waals surface area contributed by atoms with Crippen LogP contribution in [-0.2, 0) is 9.53 Å². The molecule has 0 bridgehead atoms. The third-order valence-corrected chi connectivity index (χ3v) is 3.70. The van der Waals surface area contributed by atoms with Gasteiger partial charge in [0, 0.05) is 11.3 Å². The van der Waals surface area contributed by atoms with Crippen LogP contribution in [-0.4, -0.2) is 17.0 Å². The molecule has 0 aliphatic carbocycles. The number of hydrogen-bond donors (Lipinski definition) is 2. The van der Waals surface area contributed by atoms with Gasteiger partial charge in [-0.1, -0.05) is 53.7 Å². The van der Waals surface area contributed by atoms with Crippen LogP contribution in [0.4, 0.5) is 11.6 Å². The molecular formula is C19H17N3O4. The van der Waals surface area contributed by atoms with Gasteiger partial charge in [0.25, 0.3) is 5.91 Å². The van der Waals surface area contributed by atoms with Gasteiger partial charge in [0.05, 0.1) is 5.69 Å². The molecule has 7 heteroatoms. The van der Waals surface area contributed by atoms with E-state index >= 15 is 0 Å². The number of esters is 1. The van der Waals surface area contributed by atoms with Crippen LogP contribution in [0.3, 0.4) is 0 Å². The molecule has 0 fully saturated rings. The van der Waals surface area contributed by atoms with E-state index in [0.717, 1.165) is 0 Å². The number of benzene rings is 2. The van der Waals surface area contributed by atoms with E-state index in [4.69, 9.17) is 15.0 Å². The fourth-order valence-corrected chi connectivity index (χ4v) is 2.43. The number of hydrogen-bond acceptors (Lipinski definition) is 6. The van der Waals surface area contributed by atoms with E-state index in [9.17, 15) is 9.59 Å². The van der Waals surface area contributed by atoms with Crippen LogP contribution in [0.2, 0.25) is 0 Å². The van der Waals surface area contributed by atoms with E-state index in [1.54, 1.807) is 61.5 Å². The highest BCUT2D eigenvalue weighted by molar-refractivity contribution is 5.99. The van der Waals surface area contributed by atoms with Crippen LogP contribution < -0.4 is 11.1 Å². The molecule has 1 amide bonds. The van der Waals surface area contributed by atoms with Gasteiger partial charge in [-0.05, 0) is 19.1 Å². The number of anilines is 2. The lowest BCUT2D eigenvalue weighted by Gasteiger charge is -2.18. The van der Waals surface area contributed by atoms with Gasteiger partial charge in [-0.15, -0.1) is 0 Å². The number of carbonyl (C=O) groups is 2. The summed E-state index contributed by atoms with van der Waals surface area (Å²) in [6.45, 7) is 1.57. The number of amides is 1. The van der Waals surface area contributed by atoms with Crippen LogP contribution in [0.1, 0.15) is 27.7 Å². The molecular weight excluding hydrogens is 334 g/mol. The van der Waals surface area contributed by atoms with Crippen molar-refractivity contribution in [2.75, 3.05) is 11.1 Å². The summed E-state index contributed by atoms with van der Waals surface area (Å²) in [5.41, 5.74) is 7.05. The van der Waals surface area contributed by atoms with Crippen molar-refractivity contribution in [1.29, 1.82) is 0 Å². The second-order valence-corrected chi connectivity index (χ2v) is 5.56. The molecule has 0 aliphatic rings. The van der Waals surface area contributed by atoms with Gasteiger partial charge in [-0.2, -0.15) is 0 Å². The molecule has 1 heterocycles. The third-order valence-electron chi connectivity index (χ3n) is 3.70. The number of rotatable bonds is 5. The number of aromatic nitrogens is 1. The van der Waals surface area contributed by atoms with Crippen LogP contribution in [0.15, 0.2) is 65.2 Å². The average Bonchev–Trinajstić information content (AvgIpc) is 2.99. The maximum absolute atomic E-state index is 12.7. The number of nitrogens with two attached hydrogens (primary N) is 1. The summed E-state index contributed by atoms with van der Waals surface area (Å²) in [5, 5.41) is 6.36. The summed E-state index contributed by atoms with van der Waals surface area (Å²) in [6, 6.07) is 17.6. The van der Waals surface area contributed by atoms with Gasteiger partial charge >= 0.3 is 5.97 Å². The second kappa shape index (κ2) is 7.52. The fourth-order valence-electron chi connectivity index (χ4n) is 2.43. The standard InChI is InChI=1S/C19H17N3O4/c1-12-15(17(20)26-22-12)19(24)25-16(13-8-4-2-5-9-13)18(23)21-14-10-6-3-7-11-14/h2-11,16H,20H2,1H3,(H,21,23)/t16-/m1/s1. The Kier molecular flexibility index (Phi) is 4.98. The predicted octanol–water partition coefficient (Wildman–Crippen LogP) is 3.10. The minimum Gasteiger partial charge on any atom is -0.443 e. The molecule has 3 N–H and O–H groups in total. The summed E-state index contributed by atoms with van der Waals surface area (Å²) >= 11 is 0. The molecule has 3 aromatic rings. The van der Waals surface area contributed by atoms with Gasteiger partial charge in [-0.3, -0.25) is 4.79 Å². The number of para-hydroxylation sites is 1. The normalized spacial score (nSPS) is 11.6. The topological polar surface area (TPSA) is 107 Å². The van der Waals surface area contributed by atoms with Gasteiger partial charge in [-0.25, -0.2) is 4.79 Å². The smallest absolute Gasteiger partial charge is 0.346 e. The molecule has 3 rings (SSSR count). The average molecular weight is 351 g/mol. The Morgan fingerprint density at radius 2 is 1.69 bits per heavy atom. The monoisotopic (exact) mass is 351 g/mol. The summed E-state index contributed by atoms with van der Waals surface area (Å²) in [6.07, 6.45) is -1.15. The largest absolute Gasteiger partial charge is 0.443 e. The minimum atomic E-state index is -1.15. The highest BCUT2D eigenvalue weighted by Crippen LogP contribution is 2.24. The van der Waals surface area contributed by atoms with E-state index in [0.29, 0.717) is 16.9 Å². The number of nitrogens with one attached hydrogen (secondary N) is 1. The van der Waals surface area contributed by atoms with E-state index in [-0.39, 0.29) is 11.4 Å². The maximum atomic E-state index is 12.7. The van der Waals surface area contributed by atoms with Crippen molar-refractivity contribution in [2.24, 2.45) is 0 Å². The van der Waals surface area contributed by atoms with Crippen LogP contribution >= 0.6 is 0 Å². The van der Waals surface area contributed by atoms with Gasteiger partial charge in [0.2, 0.25) is 12.0 Å². The summed E-state index contributed by atoms with van der Waals surface area (Å²) < 4.78 is 10.2. The number of carbonyl (C=O) groups excluding carboxylic acids is 2. The lowest BCUT2D eigenvalue weighted by molar-refractivity contribution is -0.125. The molecule has 0 saturated carbocycles. The quantitative estimate of drug-likeness (QED) is 0.684. The highest BCUT2D eigenvalue weighted by Gasteiger charge is 2.29. The maximum Gasteiger partial charge on any atom is 0.346 e. The van der Waals surface area contributed by atoms with Crippen LogP contribution in [0.5, 0.6) is 0 Å². The SMILES string of the molecule is Cc1noc(N)c1C(=O)O[C@@H](C(=O)Nc1ccccc1)c1ccccc1. The van der Waals surface area contributed by atoms with Gasteiger partial charge in [0.15, 0.2) is 0 Å². The first-order valence-electron chi connectivity index (χ1n) is 7.90. The summed E-state index contributed by atoms with van der Waals surface area (Å²) in [5.74, 6) is -1.41. The Labute approximate surface area is 149 Å². The second-order valence-electron chi connectivity index (χ2n) is 5.56. The Hall–Kier alpha value is -3.61. The zero-order valence-corrected chi connectivity index (χ0v) is 14.0. The Morgan fingerprint density at radius 1 is 1.08 bits per heavy atom. The number of aryl methyl sites for hydroxylation is 1. The lowest BCUT2D eigenvalue weighted by Crippen LogP contribution is -2.26. The molecule has 0 radical (unpaired) electrons. The van der Waals surface area contributed by atoms with Crippen molar-refractivity contribution < 1.29 is 18.8 Å². The van der Waals surface area contributed by atoms with Crippen molar-refractivity contribution in [2.45, 2.75) is 13.0 Å². The highest BCUT2D eigenvalue weighted by atomic mass is 16.6. The van der Waals surface area contributed by atoms with Crippen LogP contribution in [0, 0.1) is 6.92 Å². The zero-order valence-electron chi connectivity index (χ0n) is 14.0. The number of ether oxygens (including phenoxy) is 1. The Bertz CT molecular complexity index is 888. The van der Waals surface area contributed by atoms with Crippen molar-refractivity contribution in [3.8, 4) is 0 Å².